The van der Waals surface area contributed by atoms with Crippen LogP contribution >= 0.6 is 11.8 Å². The van der Waals surface area contributed by atoms with Crippen molar-refractivity contribution in [1.29, 1.82) is 0 Å². The molecule has 0 rings (SSSR count). The van der Waals surface area contributed by atoms with Crippen molar-refractivity contribution in [2.75, 3.05) is 25.2 Å². The van der Waals surface area contributed by atoms with Gasteiger partial charge in [0, 0.05) is 12.3 Å². The topological polar surface area (TPSA) is 38.3 Å². The van der Waals surface area contributed by atoms with Crippen molar-refractivity contribution in [3.05, 3.63) is 0 Å². The Kier molecular flexibility index (Phi) is 8.50. The van der Waals surface area contributed by atoms with Gasteiger partial charge in [0.05, 0.1) is 12.9 Å². The lowest BCUT2D eigenvalue weighted by molar-refractivity contribution is -0.143. The van der Waals surface area contributed by atoms with E-state index in [9.17, 15) is 4.79 Å². The Labute approximate surface area is 90.0 Å². The van der Waals surface area contributed by atoms with Crippen molar-refractivity contribution < 1.29 is 9.53 Å². The van der Waals surface area contributed by atoms with Gasteiger partial charge in [-0.3, -0.25) is 4.79 Å². The van der Waals surface area contributed by atoms with Gasteiger partial charge in [0.15, 0.2) is 0 Å². The Morgan fingerprint density at radius 1 is 1.71 bits per heavy atom. The van der Waals surface area contributed by atoms with Crippen molar-refractivity contribution in [3.8, 4) is 12.3 Å². The highest BCUT2D eigenvalue weighted by molar-refractivity contribution is 7.99. The summed E-state index contributed by atoms with van der Waals surface area (Å²) in [5.74, 6) is 3.98. The molecular formula is C10H17NO2S. The molecule has 0 aliphatic rings. The number of methoxy groups -OCH3 is 1. The van der Waals surface area contributed by atoms with Gasteiger partial charge in [0.2, 0.25) is 0 Å². The lowest BCUT2D eigenvalue weighted by Crippen LogP contribution is -2.38. The summed E-state index contributed by atoms with van der Waals surface area (Å²) in [6.45, 7) is 2.73. The van der Waals surface area contributed by atoms with Crippen molar-refractivity contribution in [2.45, 2.75) is 19.4 Å². The Morgan fingerprint density at radius 3 is 2.93 bits per heavy atom. The van der Waals surface area contributed by atoms with Gasteiger partial charge in [-0.05, 0) is 6.42 Å². The standard InChI is InChI=1S/C10H17NO2S/c1-4-7-14-8-6-11-9(5-2)10(12)13-3/h1,9,11H,5-8H2,2-3H3. The zero-order valence-electron chi connectivity index (χ0n) is 8.71. The molecule has 0 radical (unpaired) electrons. The highest BCUT2D eigenvalue weighted by Gasteiger charge is 2.14. The fourth-order valence-electron chi connectivity index (χ4n) is 0.973. The summed E-state index contributed by atoms with van der Waals surface area (Å²) in [5, 5.41) is 3.12. The molecule has 80 valence electrons. The van der Waals surface area contributed by atoms with E-state index < -0.39 is 0 Å². The summed E-state index contributed by atoms with van der Waals surface area (Å²) in [6, 6.07) is -0.188. The maximum absolute atomic E-state index is 11.1. The molecule has 1 atom stereocenters. The molecule has 0 aliphatic heterocycles. The van der Waals surface area contributed by atoms with Crippen LogP contribution in [0.3, 0.4) is 0 Å². The minimum absolute atomic E-state index is 0.188. The highest BCUT2D eigenvalue weighted by Crippen LogP contribution is 1.98. The lowest BCUT2D eigenvalue weighted by atomic mass is 10.2. The third kappa shape index (κ3) is 5.90. The van der Waals surface area contributed by atoms with Crippen LogP contribution in [0.2, 0.25) is 0 Å². The second-order valence-corrected chi connectivity index (χ2v) is 3.80. The van der Waals surface area contributed by atoms with E-state index in [1.165, 1.54) is 7.11 Å². The van der Waals surface area contributed by atoms with Gasteiger partial charge in [0.25, 0.3) is 0 Å². The van der Waals surface area contributed by atoms with Crippen LogP contribution in [0.1, 0.15) is 13.3 Å². The summed E-state index contributed by atoms with van der Waals surface area (Å²) in [5.41, 5.74) is 0. The maximum atomic E-state index is 11.1. The Morgan fingerprint density at radius 2 is 2.43 bits per heavy atom. The van der Waals surface area contributed by atoms with E-state index in [0.29, 0.717) is 0 Å². The molecule has 0 aromatic heterocycles. The molecular weight excluding hydrogens is 198 g/mol. The summed E-state index contributed by atoms with van der Waals surface area (Å²) >= 11 is 1.67. The molecule has 3 nitrogen and oxygen atoms in total. The van der Waals surface area contributed by atoms with Crippen LogP contribution in [0.15, 0.2) is 0 Å². The SMILES string of the molecule is C#CCSCCNC(CC)C(=O)OC. The van der Waals surface area contributed by atoms with Gasteiger partial charge in [-0.25, -0.2) is 0 Å². The van der Waals surface area contributed by atoms with Crippen molar-refractivity contribution >= 4 is 17.7 Å². The maximum Gasteiger partial charge on any atom is 0.322 e. The van der Waals surface area contributed by atoms with Crippen LogP contribution in [0.5, 0.6) is 0 Å². The highest BCUT2D eigenvalue weighted by atomic mass is 32.2. The molecule has 0 aromatic rings. The van der Waals surface area contributed by atoms with E-state index in [1.54, 1.807) is 11.8 Å². The number of terminal acetylenes is 1. The first-order valence-corrected chi connectivity index (χ1v) is 5.74. The van der Waals surface area contributed by atoms with Gasteiger partial charge in [-0.2, -0.15) is 0 Å². The number of hydrogen-bond donors (Lipinski definition) is 1. The minimum Gasteiger partial charge on any atom is -0.468 e. The Balaban J connectivity index is 3.54. The van der Waals surface area contributed by atoms with Gasteiger partial charge in [-0.15, -0.1) is 18.2 Å². The van der Waals surface area contributed by atoms with Crippen LogP contribution in [-0.2, 0) is 9.53 Å². The fraction of sp³-hybridized carbons (Fsp3) is 0.700. The normalized spacial score (nSPS) is 11.8. The Hall–Kier alpha value is -0.660. The number of ether oxygens (including phenoxy) is 1. The van der Waals surface area contributed by atoms with Crippen LogP contribution < -0.4 is 5.32 Å². The molecule has 14 heavy (non-hydrogen) atoms. The first-order valence-electron chi connectivity index (χ1n) is 4.58. The average Bonchev–Trinajstić information content (AvgIpc) is 2.22. The molecule has 0 spiro atoms. The van der Waals surface area contributed by atoms with Crippen LogP contribution in [0.4, 0.5) is 0 Å². The summed E-state index contributed by atoms with van der Waals surface area (Å²) in [6.07, 6.45) is 5.84. The van der Waals surface area contributed by atoms with E-state index in [4.69, 9.17) is 6.42 Å². The van der Waals surface area contributed by atoms with E-state index in [-0.39, 0.29) is 12.0 Å². The molecule has 1 N–H and O–H groups in total. The number of hydrogen-bond acceptors (Lipinski definition) is 4. The lowest BCUT2D eigenvalue weighted by Gasteiger charge is -2.13. The van der Waals surface area contributed by atoms with Crippen LogP contribution in [-0.4, -0.2) is 37.2 Å². The molecule has 0 heterocycles. The predicted molar refractivity (Wildman–Crippen MR) is 60.3 cm³/mol. The van der Waals surface area contributed by atoms with Gasteiger partial charge >= 0.3 is 5.97 Å². The molecule has 0 fully saturated rings. The third-order valence-electron chi connectivity index (χ3n) is 1.72. The number of carbonyl (C=O) groups excluding carboxylic acids is 1. The summed E-state index contributed by atoms with van der Waals surface area (Å²) in [7, 11) is 1.40. The first kappa shape index (κ1) is 13.3. The zero-order valence-corrected chi connectivity index (χ0v) is 9.52. The second kappa shape index (κ2) is 8.92. The number of rotatable bonds is 7. The largest absolute Gasteiger partial charge is 0.468 e. The monoisotopic (exact) mass is 215 g/mol. The molecule has 0 saturated heterocycles. The van der Waals surface area contributed by atoms with Crippen molar-refractivity contribution in [3.63, 3.8) is 0 Å². The number of esters is 1. The van der Waals surface area contributed by atoms with E-state index >= 15 is 0 Å². The van der Waals surface area contributed by atoms with Crippen LogP contribution in [0.25, 0.3) is 0 Å². The van der Waals surface area contributed by atoms with Crippen LogP contribution in [0, 0.1) is 12.3 Å². The summed E-state index contributed by atoms with van der Waals surface area (Å²) < 4.78 is 4.64. The Bertz CT molecular complexity index is 201. The predicted octanol–water partition coefficient (Wildman–Crippen LogP) is 0.894. The molecule has 0 amide bonds. The third-order valence-corrected chi connectivity index (χ3v) is 2.58. The number of carbonyl (C=O) groups is 1. The van der Waals surface area contributed by atoms with Gasteiger partial charge in [0.1, 0.15) is 6.04 Å². The van der Waals surface area contributed by atoms with Crippen molar-refractivity contribution in [2.24, 2.45) is 0 Å². The van der Waals surface area contributed by atoms with E-state index in [0.717, 1.165) is 24.5 Å². The molecule has 0 aromatic carbocycles. The smallest absolute Gasteiger partial charge is 0.322 e. The molecule has 1 unspecified atom stereocenters. The van der Waals surface area contributed by atoms with E-state index in [2.05, 4.69) is 16.0 Å². The summed E-state index contributed by atoms with van der Waals surface area (Å²) in [4.78, 5) is 11.1. The average molecular weight is 215 g/mol. The molecule has 0 bridgehead atoms. The number of nitrogens with one attached hydrogen (secondary N) is 1. The number of thioether (sulfide) groups is 1. The van der Waals surface area contributed by atoms with Gasteiger partial charge in [-0.1, -0.05) is 12.8 Å². The second-order valence-electron chi connectivity index (χ2n) is 2.69. The first-order chi connectivity index (χ1) is 6.76. The van der Waals surface area contributed by atoms with Gasteiger partial charge < -0.3 is 10.1 Å². The van der Waals surface area contributed by atoms with E-state index in [1.807, 2.05) is 6.92 Å². The molecule has 0 aliphatic carbocycles. The van der Waals surface area contributed by atoms with Crippen molar-refractivity contribution in [1.82, 2.24) is 5.32 Å². The fourth-order valence-corrected chi connectivity index (χ4v) is 1.50. The zero-order chi connectivity index (χ0) is 10.8. The minimum atomic E-state index is -0.200. The molecule has 4 heteroatoms. The quantitative estimate of drug-likeness (QED) is 0.389. The molecule has 0 saturated carbocycles.